The number of rotatable bonds is 8. The maximum Gasteiger partial charge on any atom is 0.322 e. The number of halogens is 1. The van der Waals surface area contributed by atoms with Crippen molar-refractivity contribution < 1.29 is 23.9 Å². The van der Waals surface area contributed by atoms with E-state index in [1.165, 1.54) is 12.1 Å². The van der Waals surface area contributed by atoms with Crippen molar-refractivity contribution in [2.45, 2.75) is 59.6 Å². The Kier molecular flexibility index (Phi) is 12.2. The first-order valence-electron chi connectivity index (χ1n) is 11.9. The summed E-state index contributed by atoms with van der Waals surface area (Å²) in [4.78, 5) is 47.2. The standard InChI is InChI=1S/C20H31N3O4.C7H7ClN2O/c1-19(2,3)12-15(24)22-17(14-10-8-7-9-11-14)18(26)23-21-13-16(25)27-20(4,5)6;8-5-3-4(7(10)11)1-2-6(5)9/h7-11,17,21H,12-13H2,1-6H3,(H,22,24)(H,23,26);1-3H,9H2,(H2,10,11). The van der Waals surface area contributed by atoms with Crippen LogP contribution in [-0.2, 0) is 19.1 Å². The van der Waals surface area contributed by atoms with E-state index in [1.54, 1.807) is 51.1 Å². The number of ether oxygens (including phenoxy) is 1. The van der Waals surface area contributed by atoms with E-state index in [0.717, 1.165) is 0 Å². The van der Waals surface area contributed by atoms with Crippen molar-refractivity contribution in [1.82, 2.24) is 16.2 Å². The van der Waals surface area contributed by atoms with Crippen LogP contribution in [0.5, 0.6) is 0 Å². The number of nitrogens with one attached hydrogen (secondary N) is 3. The van der Waals surface area contributed by atoms with Gasteiger partial charge in [-0.05, 0) is 49.9 Å². The van der Waals surface area contributed by atoms with Gasteiger partial charge in [0.15, 0.2) is 0 Å². The number of anilines is 1. The lowest BCUT2D eigenvalue weighted by atomic mass is 9.91. The van der Waals surface area contributed by atoms with Crippen LogP contribution in [0.15, 0.2) is 48.5 Å². The van der Waals surface area contributed by atoms with Crippen LogP contribution in [0.3, 0.4) is 0 Å². The summed E-state index contributed by atoms with van der Waals surface area (Å²) in [6.07, 6.45) is 0.287. The molecule has 7 N–H and O–H groups in total. The summed E-state index contributed by atoms with van der Waals surface area (Å²) in [6.45, 7) is 11.0. The monoisotopic (exact) mass is 547 g/mol. The first-order valence-corrected chi connectivity index (χ1v) is 12.3. The fourth-order valence-electron chi connectivity index (χ4n) is 2.97. The van der Waals surface area contributed by atoms with Crippen molar-refractivity contribution in [2.75, 3.05) is 12.3 Å². The van der Waals surface area contributed by atoms with Crippen molar-refractivity contribution in [2.24, 2.45) is 11.1 Å². The summed E-state index contributed by atoms with van der Waals surface area (Å²) in [5.74, 6) is -1.69. The lowest BCUT2D eigenvalue weighted by Gasteiger charge is -2.23. The topological polar surface area (TPSA) is 166 Å². The molecule has 0 radical (unpaired) electrons. The Hall–Kier alpha value is -3.63. The number of nitrogens with two attached hydrogens (primary N) is 2. The highest BCUT2D eigenvalue weighted by molar-refractivity contribution is 6.33. The Bertz CT molecular complexity index is 1110. The van der Waals surface area contributed by atoms with E-state index in [2.05, 4.69) is 16.2 Å². The second kappa shape index (κ2) is 14.3. The van der Waals surface area contributed by atoms with E-state index in [4.69, 9.17) is 27.8 Å². The van der Waals surface area contributed by atoms with Gasteiger partial charge in [-0.1, -0.05) is 62.7 Å². The van der Waals surface area contributed by atoms with Crippen LogP contribution in [0.2, 0.25) is 5.02 Å². The van der Waals surface area contributed by atoms with Gasteiger partial charge in [0, 0.05) is 12.0 Å². The molecule has 38 heavy (non-hydrogen) atoms. The molecule has 2 rings (SSSR count). The third kappa shape index (κ3) is 13.1. The van der Waals surface area contributed by atoms with E-state index < -0.39 is 29.4 Å². The van der Waals surface area contributed by atoms with Gasteiger partial charge in [0.2, 0.25) is 11.8 Å². The number of carbonyl (C=O) groups excluding carboxylic acids is 4. The maximum atomic E-state index is 12.6. The number of nitrogen functional groups attached to an aromatic ring is 1. The number of carbonyl (C=O) groups is 4. The zero-order chi connectivity index (χ0) is 29.1. The predicted molar refractivity (Wildman–Crippen MR) is 148 cm³/mol. The fourth-order valence-corrected chi connectivity index (χ4v) is 3.15. The van der Waals surface area contributed by atoms with Crippen LogP contribution in [0, 0.1) is 5.41 Å². The van der Waals surface area contributed by atoms with Crippen molar-refractivity contribution in [1.29, 1.82) is 0 Å². The van der Waals surface area contributed by atoms with Gasteiger partial charge in [0.05, 0.1) is 10.7 Å². The minimum atomic E-state index is -0.868. The smallest absolute Gasteiger partial charge is 0.322 e. The van der Waals surface area contributed by atoms with Gasteiger partial charge in [-0.3, -0.25) is 24.6 Å². The number of benzene rings is 2. The summed E-state index contributed by atoms with van der Waals surface area (Å²) in [6, 6.07) is 12.6. The van der Waals surface area contributed by atoms with Crippen molar-refractivity contribution >= 4 is 41.0 Å². The van der Waals surface area contributed by atoms with E-state index in [-0.39, 0.29) is 24.3 Å². The Labute approximate surface area is 228 Å². The van der Waals surface area contributed by atoms with Crippen LogP contribution in [-0.4, -0.2) is 35.8 Å². The first kappa shape index (κ1) is 32.4. The lowest BCUT2D eigenvalue weighted by Crippen LogP contribution is -2.48. The van der Waals surface area contributed by atoms with Gasteiger partial charge in [-0.2, -0.15) is 0 Å². The minimum Gasteiger partial charge on any atom is -0.459 e. The van der Waals surface area contributed by atoms with Gasteiger partial charge in [0.25, 0.3) is 5.91 Å². The van der Waals surface area contributed by atoms with Crippen LogP contribution < -0.4 is 27.6 Å². The van der Waals surface area contributed by atoms with E-state index in [1.807, 2.05) is 26.8 Å². The molecule has 0 fully saturated rings. The van der Waals surface area contributed by atoms with Gasteiger partial charge in [-0.15, -0.1) is 0 Å². The highest BCUT2D eigenvalue weighted by atomic mass is 35.5. The molecule has 10 nitrogen and oxygen atoms in total. The van der Waals surface area contributed by atoms with E-state index in [0.29, 0.717) is 21.8 Å². The molecule has 0 spiro atoms. The highest BCUT2D eigenvalue weighted by Crippen LogP contribution is 2.20. The Morgan fingerprint density at radius 1 is 0.974 bits per heavy atom. The summed E-state index contributed by atoms with van der Waals surface area (Å²) < 4.78 is 5.16. The SMILES string of the molecule is CC(C)(C)CC(=O)NC(C(=O)NNCC(=O)OC(C)(C)C)c1ccccc1.NC(=O)c1ccc(N)c(Cl)c1. The normalized spacial score (nSPS) is 11.9. The van der Waals surface area contributed by atoms with Gasteiger partial charge in [0.1, 0.15) is 18.2 Å². The summed E-state index contributed by atoms with van der Waals surface area (Å²) in [5.41, 5.74) is 16.1. The van der Waals surface area contributed by atoms with Crippen LogP contribution in [0.25, 0.3) is 0 Å². The van der Waals surface area contributed by atoms with Crippen LogP contribution in [0.4, 0.5) is 5.69 Å². The molecule has 0 bridgehead atoms. The molecule has 2 aromatic rings. The number of hydrazine groups is 1. The number of amides is 3. The highest BCUT2D eigenvalue weighted by Gasteiger charge is 2.25. The van der Waals surface area contributed by atoms with Crippen molar-refractivity contribution in [3.8, 4) is 0 Å². The van der Waals surface area contributed by atoms with E-state index >= 15 is 0 Å². The van der Waals surface area contributed by atoms with Crippen molar-refractivity contribution in [3.63, 3.8) is 0 Å². The van der Waals surface area contributed by atoms with E-state index in [9.17, 15) is 19.2 Å². The largest absolute Gasteiger partial charge is 0.459 e. The summed E-state index contributed by atoms with van der Waals surface area (Å²) in [5, 5.41) is 3.11. The molecule has 1 atom stereocenters. The first-order chi connectivity index (χ1) is 17.5. The molecular formula is C27H38ClN5O5. The average Bonchev–Trinajstić information content (AvgIpc) is 2.77. The summed E-state index contributed by atoms with van der Waals surface area (Å²) >= 11 is 5.63. The molecule has 2 aromatic carbocycles. The minimum absolute atomic E-state index is 0.180. The molecule has 0 aliphatic heterocycles. The molecule has 208 valence electrons. The van der Waals surface area contributed by atoms with Gasteiger partial charge < -0.3 is 21.5 Å². The predicted octanol–water partition coefficient (Wildman–Crippen LogP) is 3.26. The summed E-state index contributed by atoms with van der Waals surface area (Å²) in [7, 11) is 0. The Morgan fingerprint density at radius 2 is 1.58 bits per heavy atom. The van der Waals surface area contributed by atoms with Crippen molar-refractivity contribution in [3.05, 3.63) is 64.7 Å². The fraction of sp³-hybridized carbons (Fsp3) is 0.407. The zero-order valence-corrected chi connectivity index (χ0v) is 23.4. The number of primary amides is 1. The quantitative estimate of drug-likeness (QED) is 0.192. The molecule has 11 heteroatoms. The number of hydrogen-bond donors (Lipinski definition) is 5. The molecule has 0 aromatic heterocycles. The lowest BCUT2D eigenvalue weighted by molar-refractivity contribution is -0.153. The molecule has 0 saturated heterocycles. The molecular weight excluding hydrogens is 510 g/mol. The molecule has 0 aliphatic carbocycles. The second-order valence-corrected chi connectivity index (χ2v) is 11.1. The van der Waals surface area contributed by atoms with Gasteiger partial charge in [-0.25, -0.2) is 5.43 Å². The average molecular weight is 548 g/mol. The zero-order valence-electron chi connectivity index (χ0n) is 22.7. The Balaban J connectivity index is 0.000000544. The Morgan fingerprint density at radius 3 is 2.08 bits per heavy atom. The number of hydrogen-bond acceptors (Lipinski definition) is 7. The maximum absolute atomic E-state index is 12.6. The van der Waals surface area contributed by atoms with Gasteiger partial charge >= 0.3 is 5.97 Å². The molecule has 0 heterocycles. The van der Waals surface area contributed by atoms with Crippen LogP contribution in [0.1, 0.15) is 69.9 Å². The van der Waals surface area contributed by atoms with Crippen LogP contribution >= 0.6 is 11.6 Å². The number of esters is 1. The molecule has 0 saturated carbocycles. The third-order valence-corrected chi connectivity index (χ3v) is 4.87. The molecule has 3 amide bonds. The molecule has 0 aliphatic rings. The third-order valence-electron chi connectivity index (χ3n) is 4.54. The second-order valence-electron chi connectivity index (χ2n) is 10.7. The molecule has 1 unspecified atom stereocenters.